The number of carbonyl (C=O) groups excluding carboxylic acids is 3. The van der Waals surface area contributed by atoms with Gasteiger partial charge in [0.15, 0.2) is 5.78 Å². The minimum absolute atomic E-state index is 0.351. The summed E-state index contributed by atoms with van der Waals surface area (Å²) in [5.74, 6) is -2.09. The fourth-order valence-electron chi connectivity index (χ4n) is 3.93. The first kappa shape index (κ1) is 21.0. The van der Waals surface area contributed by atoms with Gasteiger partial charge in [0, 0.05) is 35.9 Å². The molecule has 1 amide bonds. The fourth-order valence-corrected chi connectivity index (χ4v) is 4.81. The number of likely N-dealkylation sites (tertiary alicyclic amines) is 1. The van der Waals surface area contributed by atoms with Crippen molar-refractivity contribution in [1.29, 1.82) is 0 Å². The van der Waals surface area contributed by atoms with Crippen molar-refractivity contribution in [2.45, 2.75) is 25.9 Å². The Labute approximate surface area is 184 Å². The van der Waals surface area contributed by atoms with Crippen LogP contribution in [-0.4, -0.2) is 45.1 Å². The zero-order chi connectivity index (χ0) is 21.8. The molecule has 3 aromatic rings. The molecule has 3 heterocycles. The molecule has 0 saturated carbocycles. The number of ketones is 2. The summed E-state index contributed by atoms with van der Waals surface area (Å²) in [6, 6.07) is 9.94. The SMILES string of the molecule is CCOc1cccc(C(=O)C2C(=O)C(=O)N(CCCn3ccnc3)C2c2cccs2)c1. The topological polar surface area (TPSA) is 81.5 Å². The third kappa shape index (κ3) is 4.29. The Balaban J connectivity index is 1.61. The molecule has 0 N–H and O–H groups in total. The quantitative estimate of drug-likeness (QED) is 0.291. The van der Waals surface area contributed by atoms with Crippen LogP contribution < -0.4 is 4.74 Å². The predicted molar refractivity (Wildman–Crippen MR) is 116 cm³/mol. The number of ether oxygens (including phenoxy) is 1. The maximum absolute atomic E-state index is 13.4. The van der Waals surface area contributed by atoms with Crippen LogP contribution in [0.3, 0.4) is 0 Å². The van der Waals surface area contributed by atoms with Gasteiger partial charge in [0.2, 0.25) is 5.78 Å². The molecule has 0 radical (unpaired) electrons. The summed E-state index contributed by atoms with van der Waals surface area (Å²) >= 11 is 1.45. The molecule has 4 rings (SSSR count). The monoisotopic (exact) mass is 437 g/mol. The molecule has 0 bridgehead atoms. The van der Waals surface area contributed by atoms with Gasteiger partial charge in [-0.3, -0.25) is 14.4 Å². The van der Waals surface area contributed by atoms with Crippen molar-refractivity contribution in [1.82, 2.24) is 14.5 Å². The van der Waals surface area contributed by atoms with Gasteiger partial charge in [-0.15, -0.1) is 11.3 Å². The van der Waals surface area contributed by atoms with E-state index in [0.717, 1.165) is 4.88 Å². The van der Waals surface area contributed by atoms with Gasteiger partial charge >= 0.3 is 0 Å². The number of aryl methyl sites for hydroxylation is 1. The zero-order valence-electron chi connectivity index (χ0n) is 17.1. The number of amides is 1. The van der Waals surface area contributed by atoms with E-state index in [2.05, 4.69) is 4.98 Å². The molecule has 2 atom stereocenters. The van der Waals surface area contributed by atoms with E-state index in [1.807, 2.05) is 35.2 Å². The van der Waals surface area contributed by atoms with Crippen molar-refractivity contribution in [3.05, 3.63) is 70.9 Å². The molecule has 2 aromatic heterocycles. The van der Waals surface area contributed by atoms with Crippen LogP contribution in [0, 0.1) is 5.92 Å². The second-order valence-corrected chi connectivity index (χ2v) is 8.26. The van der Waals surface area contributed by atoms with Gasteiger partial charge in [-0.2, -0.15) is 0 Å². The Kier molecular flexibility index (Phi) is 6.27. The van der Waals surface area contributed by atoms with Crippen LogP contribution in [0.15, 0.2) is 60.5 Å². The van der Waals surface area contributed by atoms with Crippen LogP contribution in [0.4, 0.5) is 0 Å². The Morgan fingerprint density at radius 3 is 2.77 bits per heavy atom. The molecule has 31 heavy (non-hydrogen) atoms. The normalized spacial score (nSPS) is 18.5. The first-order chi connectivity index (χ1) is 15.1. The van der Waals surface area contributed by atoms with E-state index in [4.69, 9.17) is 4.74 Å². The maximum Gasteiger partial charge on any atom is 0.291 e. The lowest BCUT2D eigenvalue weighted by Gasteiger charge is -2.26. The van der Waals surface area contributed by atoms with Gasteiger partial charge in [0.05, 0.1) is 19.0 Å². The number of hydrogen-bond donors (Lipinski definition) is 0. The smallest absolute Gasteiger partial charge is 0.291 e. The van der Waals surface area contributed by atoms with E-state index in [-0.39, 0.29) is 5.78 Å². The maximum atomic E-state index is 13.4. The van der Waals surface area contributed by atoms with Crippen LogP contribution in [0.5, 0.6) is 5.75 Å². The van der Waals surface area contributed by atoms with Gasteiger partial charge < -0.3 is 14.2 Å². The molecule has 160 valence electrons. The van der Waals surface area contributed by atoms with E-state index in [1.54, 1.807) is 41.7 Å². The fraction of sp³-hybridized carbons (Fsp3) is 0.304. The highest BCUT2D eigenvalue weighted by molar-refractivity contribution is 7.10. The second-order valence-electron chi connectivity index (χ2n) is 7.28. The van der Waals surface area contributed by atoms with Crippen LogP contribution >= 0.6 is 11.3 Å². The molecule has 7 nitrogen and oxygen atoms in total. The highest BCUT2D eigenvalue weighted by Gasteiger charge is 2.51. The summed E-state index contributed by atoms with van der Waals surface area (Å²) in [6.45, 7) is 3.39. The van der Waals surface area contributed by atoms with Gasteiger partial charge in [0.1, 0.15) is 11.7 Å². The third-order valence-electron chi connectivity index (χ3n) is 5.33. The van der Waals surface area contributed by atoms with Crippen molar-refractivity contribution in [2.75, 3.05) is 13.2 Å². The number of carbonyl (C=O) groups is 3. The molecule has 1 aromatic carbocycles. The average molecular weight is 438 g/mol. The molecule has 2 unspecified atom stereocenters. The molecule has 1 fully saturated rings. The molecule has 1 aliphatic rings. The largest absolute Gasteiger partial charge is 0.494 e. The minimum Gasteiger partial charge on any atom is -0.494 e. The van der Waals surface area contributed by atoms with E-state index in [0.29, 0.717) is 37.4 Å². The number of nitrogens with zero attached hydrogens (tertiary/aromatic N) is 3. The number of rotatable bonds is 9. The molecule has 1 saturated heterocycles. The Bertz CT molecular complexity index is 1060. The minimum atomic E-state index is -1.06. The number of aromatic nitrogens is 2. The average Bonchev–Trinajstić information content (AvgIpc) is 3.52. The van der Waals surface area contributed by atoms with Gasteiger partial charge in [0.25, 0.3) is 5.91 Å². The molecular weight excluding hydrogens is 414 g/mol. The Morgan fingerprint density at radius 1 is 1.19 bits per heavy atom. The molecule has 0 spiro atoms. The van der Waals surface area contributed by atoms with Gasteiger partial charge in [-0.1, -0.05) is 18.2 Å². The molecule has 8 heteroatoms. The highest BCUT2D eigenvalue weighted by atomic mass is 32.1. The number of Topliss-reactive ketones (excluding diaryl/α,β-unsaturated/α-hetero) is 2. The zero-order valence-corrected chi connectivity index (χ0v) is 18.0. The summed E-state index contributed by atoms with van der Waals surface area (Å²) in [4.78, 5) is 45.7. The second kappa shape index (κ2) is 9.26. The van der Waals surface area contributed by atoms with Gasteiger partial charge in [-0.05, 0) is 36.9 Å². The predicted octanol–water partition coefficient (Wildman–Crippen LogP) is 3.39. The highest BCUT2D eigenvalue weighted by Crippen LogP contribution is 2.40. The molecule has 1 aliphatic heterocycles. The number of thiophene rings is 1. The lowest BCUT2D eigenvalue weighted by atomic mass is 9.89. The summed E-state index contributed by atoms with van der Waals surface area (Å²) in [6.07, 6.45) is 5.92. The van der Waals surface area contributed by atoms with E-state index < -0.39 is 23.7 Å². The lowest BCUT2D eigenvalue weighted by molar-refractivity contribution is -0.140. The van der Waals surface area contributed by atoms with Crippen LogP contribution in [-0.2, 0) is 16.1 Å². The first-order valence-corrected chi connectivity index (χ1v) is 11.1. The van der Waals surface area contributed by atoms with Crippen molar-refractivity contribution in [2.24, 2.45) is 5.92 Å². The van der Waals surface area contributed by atoms with Crippen molar-refractivity contribution in [3.8, 4) is 5.75 Å². The van der Waals surface area contributed by atoms with E-state index >= 15 is 0 Å². The summed E-state index contributed by atoms with van der Waals surface area (Å²) in [7, 11) is 0. The van der Waals surface area contributed by atoms with Crippen molar-refractivity contribution in [3.63, 3.8) is 0 Å². The van der Waals surface area contributed by atoms with Gasteiger partial charge in [-0.25, -0.2) is 4.98 Å². The van der Waals surface area contributed by atoms with E-state index in [1.165, 1.54) is 11.3 Å². The van der Waals surface area contributed by atoms with Crippen molar-refractivity contribution >= 4 is 28.8 Å². The van der Waals surface area contributed by atoms with Crippen molar-refractivity contribution < 1.29 is 19.1 Å². The van der Waals surface area contributed by atoms with E-state index in [9.17, 15) is 14.4 Å². The molecule has 0 aliphatic carbocycles. The standard InChI is InChI=1S/C23H23N3O4S/c1-2-30-17-7-3-6-16(14-17)21(27)19-20(18-8-4-13-31-18)26(23(29)22(19)28)11-5-10-25-12-9-24-15-25/h3-4,6-9,12-15,19-20H,2,5,10-11H2,1H3. The third-order valence-corrected chi connectivity index (χ3v) is 6.27. The summed E-state index contributed by atoms with van der Waals surface area (Å²) < 4.78 is 7.42. The number of hydrogen-bond acceptors (Lipinski definition) is 6. The lowest BCUT2D eigenvalue weighted by Crippen LogP contribution is -2.31. The summed E-state index contributed by atoms with van der Waals surface area (Å²) in [5, 5.41) is 1.89. The Hall–Kier alpha value is -3.26. The Morgan fingerprint density at radius 2 is 2.06 bits per heavy atom. The van der Waals surface area contributed by atoms with Crippen LogP contribution in [0.2, 0.25) is 0 Å². The summed E-state index contributed by atoms with van der Waals surface area (Å²) in [5.41, 5.74) is 0.374. The number of imidazole rings is 1. The van der Waals surface area contributed by atoms with Crippen LogP contribution in [0.25, 0.3) is 0 Å². The number of benzene rings is 1. The molecular formula is C23H23N3O4S. The first-order valence-electron chi connectivity index (χ1n) is 10.2. The van der Waals surface area contributed by atoms with Crippen LogP contribution in [0.1, 0.15) is 34.6 Å².